The van der Waals surface area contributed by atoms with Crippen molar-refractivity contribution in [3.63, 3.8) is 0 Å². The Bertz CT molecular complexity index is 262. The number of amides is 1. The van der Waals surface area contributed by atoms with E-state index >= 15 is 0 Å². The SMILES string of the molecule is COCC(O)C1CCN(C(=O)OC(C)(C)C)C1. The lowest BCUT2D eigenvalue weighted by Gasteiger charge is -2.25. The smallest absolute Gasteiger partial charge is 0.410 e. The van der Waals surface area contributed by atoms with Gasteiger partial charge in [-0.1, -0.05) is 0 Å². The van der Waals surface area contributed by atoms with Gasteiger partial charge in [0.15, 0.2) is 0 Å². The van der Waals surface area contributed by atoms with Gasteiger partial charge in [-0.3, -0.25) is 0 Å². The Balaban J connectivity index is 2.42. The zero-order valence-corrected chi connectivity index (χ0v) is 11.1. The van der Waals surface area contributed by atoms with Crippen LogP contribution in [-0.4, -0.2) is 54.6 Å². The average Bonchev–Trinajstić information content (AvgIpc) is 2.63. The molecule has 100 valence electrons. The fourth-order valence-corrected chi connectivity index (χ4v) is 1.90. The lowest BCUT2D eigenvalue weighted by atomic mass is 10.0. The molecule has 1 heterocycles. The van der Waals surface area contributed by atoms with Crippen molar-refractivity contribution in [2.45, 2.75) is 38.9 Å². The molecule has 1 rings (SSSR count). The van der Waals surface area contributed by atoms with Gasteiger partial charge in [-0.2, -0.15) is 0 Å². The summed E-state index contributed by atoms with van der Waals surface area (Å²) in [5, 5.41) is 9.78. The Hall–Kier alpha value is -0.810. The Morgan fingerprint density at radius 3 is 2.71 bits per heavy atom. The Morgan fingerprint density at radius 1 is 1.53 bits per heavy atom. The Kier molecular flexibility index (Phi) is 4.77. The number of aliphatic hydroxyl groups is 1. The van der Waals surface area contributed by atoms with Crippen LogP contribution < -0.4 is 0 Å². The third-order valence-electron chi connectivity index (χ3n) is 2.76. The molecule has 0 radical (unpaired) electrons. The van der Waals surface area contributed by atoms with Crippen LogP contribution in [-0.2, 0) is 9.47 Å². The second-order valence-electron chi connectivity index (χ2n) is 5.50. The third-order valence-corrected chi connectivity index (χ3v) is 2.76. The maximum atomic E-state index is 11.8. The molecule has 0 aromatic carbocycles. The lowest BCUT2D eigenvalue weighted by Crippen LogP contribution is -2.36. The number of hydrogen-bond acceptors (Lipinski definition) is 4. The summed E-state index contributed by atoms with van der Waals surface area (Å²) in [5.74, 6) is 0.0856. The maximum Gasteiger partial charge on any atom is 0.410 e. The monoisotopic (exact) mass is 245 g/mol. The summed E-state index contributed by atoms with van der Waals surface area (Å²) >= 11 is 0. The van der Waals surface area contributed by atoms with Crippen molar-refractivity contribution in [3.8, 4) is 0 Å². The molecule has 17 heavy (non-hydrogen) atoms. The van der Waals surface area contributed by atoms with E-state index in [1.165, 1.54) is 0 Å². The van der Waals surface area contributed by atoms with E-state index in [0.717, 1.165) is 6.42 Å². The molecule has 1 aliphatic rings. The number of rotatable bonds is 3. The highest BCUT2D eigenvalue weighted by Gasteiger charge is 2.33. The first kappa shape index (κ1) is 14.3. The van der Waals surface area contributed by atoms with E-state index in [1.807, 2.05) is 20.8 Å². The molecule has 0 bridgehead atoms. The van der Waals surface area contributed by atoms with Gasteiger partial charge in [0.1, 0.15) is 5.60 Å². The van der Waals surface area contributed by atoms with E-state index in [9.17, 15) is 9.90 Å². The largest absolute Gasteiger partial charge is 0.444 e. The second-order valence-corrected chi connectivity index (χ2v) is 5.50. The molecular formula is C12H23NO4. The summed E-state index contributed by atoms with van der Waals surface area (Å²) in [7, 11) is 1.56. The molecule has 2 atom stereocenters. The van der Waals surface area contributed by atoms with Crippen molar-refractivity contribution in [2.24, 2.45) is 5.92 Å². The molecule has 1 N–H and O–H groups in total. The van der Waals surface area contributed by atoms with Gasteiger partial charge in [0.05, 0.1) is 12.7 Å². The number of nitrogens with zero attached hydrogens (tertiary/aromatic N) is 1. The Labute approximate surface area is 103 Å². The van der Waals surface area contributed by atoms with E-state index in [2.05, 4.69) is 0 Å². The molecule has 0 aliphatic carbocycles. The molecule has 5 nitrogen and oxygen atoms in total. The number of aliphatic hydroxyl groups excluding tert-OH is 1. The quantitative estimate of drug-likeness (QED) is 0.813. The fourth-order valence-electron chi connectivity index (χ4n) is 1.90. The van der Waals surface area contributed by atoms with Crippen LogP contribution in [0.4, 0.5) is 4.79 Å². The summed E-state index contributed by atoms with van der Waals surface area (Å²) in [6, 6.07) is 0. The summed E-state index contributed by atoms with van der Waals surface area (Å²) in [4.78, 5) is 13.4. The first-order valence-electron chi connectivity index (χ1n) is 5.98. The number of carbonyl (C=O) groups is 1. The first-order chi connectivity index (χ1) is 7.83. The van der Waals surface area contributed by atoms with E-state index in [0.29, 0.717) is 19.7 Å². The standard InChI is InChI=1S/C12H23NO4/c1-12(2,3)17-11(15)13-6-5-9(7-13)10(14)8-16-4/h9-10,14H,5-8H2,1-4H3. The van der Waals surface area contributed by atoms with Gasteiger partial charge >= 0.3 is 6.09 Å². The third kappa shape index (κ3) is 4.52. The molecule has 2 unspecified atom stereocenters. The number of hydrogen-bond donors (Lipinski definition) is 1. The van der Waals surface area contributed by atoms with Crippen LogP contribution in [0.3, 0.4) is 0 Å². The van der Waals surface area contributed by atoms with Crippen LogP contribution in [0.5, 0.6) is 0 Å². The molecule has 0 saturated carbocycles. The summed E-state index contributed by atoms with van der Waals surface area (Å²) in [5.41, 5.74) is -0.472. The van der Waals surface area contributed by atoms with Crippen molar-refractivity contribution in [1.82, 2.24) is 4.90 Å². The molecule has 1 saturated heterocycles. The van der Waals surface area contributed by atoms with Crippen molar-refractivity contribution in [3.05, 3.63) is 0 Å². The summed E-state index contributed by atoms with van der Waals surface area (Å²) in [6.07, 6.45) is -0.0129. The van der Waals surface area contributed by atoms with Gasteiger partial charge in [0, 0.05) is 26.1 Å². The van der Waals surface area contributed by atoms with E-state index in [4.69, 9.17) is 9.47 Å². The van der Waals surface area contributed by atoms with Crippen LogP contribution in [0.15, 0.2) is 0 Å². The molecule has 1 fully saturated rings. The molecular weight excluding hydrogens is 222 g/mol. The van der Waals surface area contributed by atoms with E-state index in [1.54, 1.807) is 12.0 Å². The predicted molar refractivity (Wildman–Crippen MR) is 63.8 cm³/mol. The van der Waals surface area contributed by atoms with Crippen molar-refractivity contribution >= 4 is 6.09 Å². The van der Waals surface area contributed by atoms with E-state index < -0.39 is 11.7 Å². The summed E-state index contributed by atoms with van der Waals surface area (Å²) in [6.45, 7) is 7.03. The molecule has 5 heteroatoms. The molecule has 0 aromatic rings. The highest BCUT2D eigenvalue weighted by molar-refractivity contribution is 5.68. The van der Waals surface area contributed by atoms with Gasteiger partial charge < -0.3 is 19.5 Å². The normalized spacial score (nSPS) is 22.6. The molecule has 0 spiro atoms. The van der Waals surface area contributed by atoms with Gasteiger partial charge in [0.25, 0.3) is 0 Å². The highest BCUT2D eigenvalue weighted by atomic mass is 16.6. The van der Waals surface area contributed by atoms with Crippen molar-refractivity contribution in [2.75, 3.05) is 26.8 Å². The fraction of sp³-hybridized carbons (Fsp3) is 0.917. The van der Waals surface area contributed by atoms with Gasteiger partial charge in [-0.15, -0.1) is 0 Å². The zero-order valence-electron chi connectivity index (χ0n) is 11.1. The average molecular weight is 245 g/mol. The van der Waals surface area contributed by atoms with Crippen LogP contribution in [0.1, 0.15) is 27.2 Å². The van der Waals surface area contributed by atoms with Gasteiger partial charge in [0.2, 0.25) is 0 Å². The molecule has 1 aliphatic heterocycles. The number of ether oxygens (including phenoxy) is 2. The second kappa shape index (κ2) is 5.69. The molecule has 0 aromatic heterocycles. The maximum absolute atomic E-state index is 11.8. The van der Waals surface area contributed by atoms with Crippen LogP contribution in [0.2, 0.25) is 0 Å². The highest BCUT2D eigenvalue weighted by Crippen LogP contribution is 2.22. The van der Waals surface area contributed by atoms with Crippen LogP contribution in [0.25, 0.3) is 0 Å². The summed E-state index contributed by atoms with van der Waals surface area (Å²) < 4.78 is 10.2. The predicted octanol–water partition coefficient (Wildman–Crippen LogP) is 1.25. The minimum atomic E-state index is -0.507. The first-order valence-corrected chi connectivity index (χ1v) is 5.98. The van der Waals surface area contributed by atoms with E-state index in [-0.39, 0.29) is 12.0 Å². The van der Waals surface area contributed by atoms with Crippen LogP contribution in [0, 0.1) is 5.92 Å². The van der Waals surface area contributed by atoms with Gasteiger partial charge in [-0.25, -0.2) is 4.79 Å². The van der Waals surface area contributed by atoms with Crippen LogP contribution >= 0.6 is 0 Å². The minimum Gasteiger partial charge on any atom is -0.444 e. The number of carbonyl (C=O) groups excluding carboxylic acids is 1. The van der Waals surface area contributed by atoms with Crippen molar-refractivity contribution in [1.29, 1.82) is 0 Å². The number of likely N-dealkylation sites (tertiary alicyclic amines) is 1. The van der Waals surface area contributed by atoms with Crippen molar-refractivity contribution < 1.29 is 19.4 Å². The Morgan fingerprint density at radius 2 is 2.18 bits per heavy atom. The lowest BCUT2D eigenvalue weighted by molar-refractivity contribution is 0.0170. The molecule has 1 amide bonds. The minimum absolute atomic E-state index is 0.0856. The number of methoxy groups -OCH3 is 1. The van der Waals surface area contributed by atoms with Gasteiger partial charge in [-0.05, 0) is 27.2 Å². The zero-order chi connectivity index (χ0) is 13.1. The topological polar surface area (TPSA) is 59.0 Å².